The van der Waals surface area contributed by atoms with Crippen LogP contribution in [0.5, 0.6) is 0 Å². The van der Waals surface area contributed by atoms with Gasteiger partial charge in [-0.15, -0.1) is 11.4 Å². The zero-order chi connectivity index (χ0) is 28.4. The summed E-state index contributed by atoms with van der Waals surface area (Å²) in [6, 6.07) is 40.3. The molecule has 5 rings (SSSR count). The number of aliphatic imine (C=N–C) groups is 1. The molecule has 0 unspecified atom stereocenters. The van der Waals surface area contributed by atoms with E-state index < -0.39 is 8.24 Å². The first-order valence-electron chi connectivity index (χ1n) is 12.8. The van der Waals surface area contributed by atoms with Gasteiger partial charge in [0, 0.05) is 6.21 Å². The number of rotatable bonds is 7. The maximum atomic E-state index is 5.41. The Hall–Kier alpha value is -3.18. The Morgan fingerprint density at radius 3 is 1.45 bits per heavy atom. The Labute approximate surface area is 252 Å². The van der Waals surface area contributed by atoms with Crippen LogP contribution in [-0.2, 0) is 13.1 Å². The SMILES string of the molecule is Cc1cc(C)c(N=Cc2ccc(/C=N/[Si](c3ccccc3)(c3ccccc3)c3ccccc3)[n-]2)c(C)c1.[Cl][Fe+][Cl]. The second-order valence-corrected chi connectivity index (χ2v) is 14.7. The van der Waals surface area contributed by atoms with Gasteiger partial charge in [0.15, 0.2) is 0 Å². The van der Waals surface area contributed by atoms with Crippen molar-refractivity contribution < 1.29 is 13.1 Å². The van der Waals surface area contributed by atoms with Crippen molar-refractivity contribution in [3.63, 3.8) is 0 Å². The number of halogens is 2. The zero-order valence-corrected chi connectivity index (χ0v) is 26.2. The topological polar surface area (TPSA) is 38.8 Å². The molecule has 0 aliphatic rings. The van der Waals surface area contributed by atoms with Crippen molar-refractivity contribution in [2.45, 2.75) is 20.8 Å². The molecule has 0 N–H and O–H groups in total. The van der Waals surface area contributed by atoms with E-state index >= 15 is 0 Å². The Morgan fingerprint density at radius 1 is 0.625 bits per heavy atom. The van der Waals surface area contributed by atoms with E-state index in [2.05, 4.69) is 124 Å². The first-order valence-corrected chi connectivity index (χ1v) is 17.8. The summed E-state index contributed by atoms with van der Waals surface area (Å²) in [5, 5.41) is 3.71. The summed E-state index contributed by atoms with van der Waals surface area (Å²) in [6.07, 6.45) is 3.79. The summed E-state index contributed by atoms with van der Waals surface area (Å²) >= 11 is 0.194. The van der Waals surface area contributed by atoms with Crippen molar-refractivity contribution in [3.05, 3.63) is 143 Å². The van der Waals surface area contributed by atoms with Gasteiger partial charge in [0.2, 0.25) is 0 Å². The summed E-state index contributed by atoms with van der Waals surface area (Å²) in [4.78, 5) is 9.57. The van der Waals surface area contributed by atoms with Crippen LogP contribution in [-0.4, -0.2) is 20.7 Å². The predicted octanol–water partition coefficient (Wildman–Crippen LogP) is 6.78. The van der Waals surface area contributed by atoms with E-state index in [0.717, 1.165) is 17.1 Å². The molecular weight excluding hydrogens is 593 g/mol. The van der Waals surface area contributed by atoms with Crippen molar-refractivity contribution in [2.24, 2.45) is 9.65 Å². The molecular formula is C33H30Cl2FeN3Si. The van der Waals surface area contributed by atoms with Crippen LogP contribution in [0.4, 0.5) is 5.69 Å². The zero-order valence-electron chi connectivity index (χ0n) is 22.6. The third-order valence-electron chi connectivity index (χ3n) is 6.61. The fourth-order valence-corrected chi connectivity index (χ4v) is 8.77. The monoisotopic (exact) mass is 622 g/mol. The normalized spacial score (nSPS) is 11.5. The molecule has 0 spiro atoms. The first-order chi connectivity index (χ1) is 19.5. The first kappa shape index (κ1) is 29.8. The molecule has 1 heterocycles. The minimum atomic E-state index is -2.69. The Kier molecular flexibility index (Phi) is 10.8. The molecule has 0 radical (unpaired) electrons. The van der Waals surface area contributed by atoms with E-state index in [-0.39, 0.29) is 13.1 Å². The molecule has 4 aromatic carbocycles. The van der Waals surface area contributed by atoms with Crippen LogP contribution in [0, 0.1) is 20.8 Å². The van der Waals surface area contributed by atoms with Crippen molar-refractivity contribution in [1.29, 1.82) is 0 Å². The van der Waals surface area contributed by atoms with Gasteiger partial charge in [-0.1, -0.05) is 121 Å². The number of hydrogen-bond donors (Lipinski definition) is 0. The van der Waals surface area contributed by atoms with Crippen molar-refractivity contribution in [2.75, 3.05) is 0 Å². The van der Waals surface area contributed by atoms with Gasteiger partial charge in [-0.05, 0) is 53.7 Å². The summed E-state index contributed by atoms with van der Waals surface area (Å²) in [5.74, 6) is 0. The van der Waals surface area contributed by atoms with Gasteiger partial charge in [0.25, 0.3) is 8.24 Å². The van der Waals surface area contributed by atoms with E-state index in [1.165, 1.54) is 32.3 Å². The Morgan fingerprint density at radius 2 is 1.02 bits per heavy atom. The third kappa shape index (κ3) is 7.11. The summed E-state index contributed by atoms with van der Waals surface area (Å²) in [6.45, 7) is 6.32. The Balaban J connectivity index is 0.00000118. The number of aromatic nitrogens is 1. The molecule has 0 aliphatic carbocycles. The molecule has 0 bridgehead atoms. The van der Waals surface area contributed by atoms with Crippen LogP contribution in [0.25, 0.3) is 0 Å². The van der Waals surface area contributed by atoms with E-state index in [1.807, 2.05) is 24.6 Å². The average molecular weight is 623 g/mol. The van der Waals surface area contributed by atoms with Gasteiger partial charge in [0.1, 0.15) is 0 Å². The number of aryl methyl sites for hydroxylation is 3. The molecule has 0 amide bonds. The van der Waals surface area contributed by atoms with Gasteiger partial charge in [0.05, 0.1) is 5.69 Å². The number of hydrogen-bond acceptors (Lipinski definition) is 2. The van der Waals surface area contributed by atoms with E-state index in [9.17, 15) is 0 Å². The standard InChI is InChI=1S/C33H30N3Si.2ClH.Fe/c1-25-21-26(2)33(27(3)22-25)34-23-28-19-20-29(36-28)24-35-37(30-13-7-4-8-14-30,31-15-9-5-10-16-31)32-17-11-6-12-18-32;;;/h4-24H,1-3H3;2*1H;/q-1;;;+3/p-2/b34-23?,35-24+;;;. The van der Waals surface area contributed by atoms with Gasteiger partial charge >= 0.3 is 33.3 Å². The fourth-order valence-electron chi connectivity index (χ4n) is 4.97. The summed E-state index contributed by atoms with van der Waals surface area (Å²) in [7, 11) is 6.83. The molecule has 40 heavy (non-hydrogen) atoms. The van der Waals surface area contributed by atoms with Gasteiger partial charge < -0.3 is 9.64 Å². The second-order valence-electron chi connectivity index (χ2n) is 9.42. The molecule has 0 aliphatic heterocycles. The molecule has 7 heteroatoms. The van der Waals surface area contributed by atoms with Crippen LogP contribution >= 0.6 is 20.2 Å². The summed E-state index contributed by atoms with van der Waals surface area (Å²) < 4.78 is 5.41. The van der Waals surface area contributed by atoms with Crippen LogP contribution in [0.1, 0.15) is 28.1 Å². The molecule has 0 atom stereocenters. The molecule has 5 aromatic rings. The Bertz CT molecular complexity index is 1450. The van der Waals surface area contributed by atoms with Crippen molar-refractivity contribution in [3.8, 4) is 0 Å². The molecule has 0 saturated carbocycles. The van der Waals surface area contributed by atoms with Gasteiger partial charge in [-0.3, -0.25) is 4.99 Å². The third-order valence-corrected chi connectivity index (χ3v) is 10.6. The van der Waals surface area contributed by atoms with Crippen LogP contribution < -0.4 is 20.5 Å². The fraction of sp³-hybridized carbons (Fsp3) is 0.0909. The molecule has 0 fully saturated rings. The maximum absolute atomic E-state index is 5.41. The molecule has 3 nitrogen and oxygen atoms in total. The van der Waals surface area contributed by atoms with Crippen LogP contribution in [0.2, 0.25) is 0 Å². The number of benzene rings is 4. The predicted molar refractivity (Wildman–Crippen MR) is 171 cm³/mol. The second kappa shape index (κ2) is 14.4. The van der Waals surface area contributed by atoms with Crippen LogP contribution in [0.3, 0.4) is 0 Å². The summed E-state index contributed by atoms with van der Waals surface area (Å²) in [5.41, 5.74) is 6.26. The molecule has 0 saturated heterocycles. The molecule has 1 aromatic heterocycles. The minimum absolute atomic E-state index is 0.194. The van der Waals surface area contributed by atoms with E-state index in [4.69, 9.17) is 34.8 Å². The van der Waals surface area contributed by atoms with E-state index in [0.29, 0.717) is 0 Å². The quantitative estimate of drug-likeness (QED) is 0.112. The van der Waals surface area contributed by atoms with Gasteiger partial charge in [-0.25, -0.2) is 0 Å². The average Bonchev–Trinajstić information content (AvgIpc) is 3.43. The van der Waals surface area contributed by atoms with Gasteiger partial charge in [-0.2, -0.15) is 0 Å². The molecule has 203 valence electrons. The van der Waals surface area contributed by atoms with Crippen LogP contribution in [0.15, 0.2) is 125 Å². The van der Waals surface area contributed by atoms with Crippen molar-refractivity contribution in [1.82, 2.24) is 4.98 Å². The van der Waals surface area contributed by atoms with Crippen molar-refractivity contribution >= 4 is 62.1 Å². The van der Waals surface area contributed by atoms with E-state index in [1.54, 1.807) is 0 Å². The number of nitrogens with zero attached hydrogens (tertiary/aromatic N) is 3.